The number of nitrogens with zero attached hydrogens (tertiary/aromatic N) is 2. The lowest BCUT2D eigenvalue weighted by Gasteiger charge is -2.47. The van der Waals surface area contributed by atoms with Gasteiger partial charge in [0.05, 0.1) is 13.2 Å². The van der Waals surface area contributed by atoms with Crippen LogP contribution >= 0.6 is 15.9 Å². The molecule has 2 heterocycles. The van der Waals surface area contributed by atoms with Gasteiger partial charge in [-0.1, -0.05) is 15.9 Å². The number of rotatable bonds is 3. The Morgan fingerprint density at radius 3 is 2.77 bits per heavy atom. The quantitative estimate of drug-likeness (QED) is 0.696. The fourth-order valence-electron chi connectivity index (χ4n) is 1.93. The summed E-state index contributed by atoms with van der Waals surface area (Å²) in [4.78, 5) is 0. The van der Waals surface area contributed by atoms with Crippen LogP contribution < -0.4 is 0 Å². The molecule has 2 fully saturated rings. The Hall–Kier alpha value is 0.360. The summed E-state index contributed by atoms with van der Waals surface area (Å²) >= 11 is 3.50. The third-order valence-electron chi connectivity index (χ3n) is 2.83. The molecule has 13 heavy (non-hydrogen) atoms. The van der Waals surface area contributed by atoms with Gasteiger partial charge in [-0.3, -0.25) is 0 Å². The van der Waals surface area contributed by atoms with Gasteiger partial charge < -0.3 is 4.74 Å². The lowest BCUT2D eigenvalue weighted by molar-refractivity contribution is -0.155. The van der Waals surface area contributed by atoms with Crippen LogP contribution in [0.2, 0.25) is 0 Å². The number of ether oxygens (including phenoxy) is 1. The van der Waals surface area contributed by atoms with E-state index in [9.17, 15) is 0 Å². The summed E-state index contributed by atoms with van der Waals surface area (Å²) in [6.45, 7) is 5.38. The third-order valence-corrected chi connectivity index (χ3v) is 3.29. The van der Waals surface area contributed by atoms with E-state index < -0.39 is 0 Å². The molecule has 2 rings (SSSR count). The molecule has 1 unspecified atom stereocenters. The predicted octanol–water partition coefficient (Wildman–Crippen LogP) is 1.09. The average molecular weight is 249 g/mol. The molecule has 4 heteroatoms. The van der Waals surface area contributed by atoms with Gasteiger partial charge in [-0.05, 0) is 12.8 Å². The molecule has 0 aliphatic carbocycles. The molecule has 0 saturated carbocycles. The Morgan fingerprint density at radius 2 is 2.15 bits per heavy atom. The molecule has 0 spiro atoms. The van der Waals surface area contributed by atoms with E-state index in [2.05, 4.69) is 25.9 Å². The Kier molecular flexibility index (Phi) is 3.60. The van der Waals surface area contributed by atoms with Gasteiger partial charge in [0.25, 0.3) is 0 Å². The van der Waals surface area contributed by atoms with Crippen molar-refractivity contribution in [2.45, 2.75) is 18.9 Å². The maximum absolute atomic E-state index is 5.49. The normalized spacial score (nSPS) is 31.6. The Labute approximate surface area is 88.1 Å². The summed E-state index contributed by atoms with van der Waals surface area (Å²) < 4.78 is 5.49. The molecule has 0 amide bonds. The van der Waals surface area contributed by atoms with Crippen LogP contribution in [-0.4, -0.2) is 54.2 Å². The number of hydrogen-bond acceptors (Lipinski definition) is 3. The number of morpholine rings is 1. The SMILES string of the molecule is BrCCC1COCCN1N1CCC1. The highest BCUT2D eigenvalue weighted by molar-refractivity contribution is 9.09. The highest BCUT2D eigenvalue weighted by atomic mass is 79.9. The van der Waals surface area contributed by atoms with Crippen LogP contribution in [0.4, 0.5) is 0 Å². The molecule has 0 aromatic carbocycles. The summed E-state index contributed by atoms with van der Waals surface area (Å²) in [6.07, 6.45) is 2.55. The van der Waals surface area contributed by atoms with Crippen LogP contribution in [0.15, 0.2) is 0 Å². The number of hydrazine groups is 1. The first-order valence-electron chi connectivity index (χ1n) is 5.07. The van der Waals surface area contributed by atoms with E-state index in [-0.39, 0.29) is 0 Å². The molecule has 0 bridgehead atoms. The van der Waals surface area contributed by atoms with Gasteiger partial charge in [0.15, 0.2) is 0 Å². The smallest absolute Gasteiger partial charge is 0.0636 e. The maximum atomic E-state index is 5.49. The molecule has 1 atom stereocenters. The highest BCUT2D eigenvalue weighted by Crippen LogP contribution is 2.19. The monoisotopic (exact) mass is 248 g/mol. The van der Waals surface area contributed by atoms with E-state index in [0.717, 1.165) is 25.1 Å². The summed E-state index contributed by atoms with van der Waals surface area (Å²) in [6, 6.07) is 0.605. The van der Waals surface area contributed by atoms with Gasteiger partial charge in [-0.15, -0.1) is 0 Å². The van der Waals surface area contributed by atoms with Crippen molar-refractivity contribution in [2.75, 3.05) is 38.2 Å². The summed E-state index contributed by atoms with van der Waals surface area (Å²) in [5.41, 5.74) is 0. The van der Waals surface area contributed by atoms with E-state index in [4.69, 9.17) is 4.74 Å². The predicted molar refractivity (Wildman–Crippen MR) is 55.9 cm³/mol. The first-order valence-corrected chi connectivity index (χ1v) is 6.19. The van der Waals surface area contributed by atoms with E-state index in [1.165, 1.54) is 25.9 Å². The van der Waals surface area contributed by atoms with Crippen LogP contribution in [0.3, 0.4) is 0 Å². The third kappa shape index (κ3) is 2.24. The molecule has 2 aliphatic heterocycles. The van der Waals surface area contributed by atoms with Crippen molar-refractivity contribution in [2.24, 2.45) is 0 Å². The maximum Gasteiger partial charge on any atom is 0.0636 e. The molecule has 0 N–H and O–H groups in total. The van der Waals surface area contributed by atoms with E-state index in [0.29, 0.717) is 6.04 Å². The summed E-state index contributed by atoms with van der Waals surface area (Å²) in [7, 11) is 0. The van der Waals surface area contributed by atoms with Crippen molar-refractivity contribution in [1.82, 2.24) is 10.0 Å². The van der Waals surface area contributed by atoms with Gasteiger partial charge in [0.1, 0.15) is 0 Å². The molecule has 2 saturated heterocycles. The summed E-state index contributed by atoms with van der Waals surface area (Å²) in [5.74, 6) is 0. The fourth-order valence-corrected chi connectivity index (χ4v) is 2.46. The Balaban J connectivity index is 1.87. The second kappa shape index (κ2) is 4.73. The van der Waals surface area contributed by atoms with E-state index in [1.54, 1.807) is 0 Å². The Bertz CT molecular complexity index is 162. The molecular formula is C9H17BrN2O. The van der Waals surface area contributed by atoms with Gasteiger partial charge in [-0.25, -0.2) is 10.0 Å². The van der Waals surface area contributed by atoms with Gasteiger partial charge in [-0.2, -0.15) is 0 Å². The molecule has 3 nitrogen and oxygen atoms in total. The minimum Gasteiger partial charge on any atom is -0.378 e. The topological polar surface area (TPSA) is 15.7 Å². The number of hydrogen-bond donors (Lipinski definition) is 0. The van der Waals surface area contributed by atoms with Crippen molar-refractivity contribution < 1.29 is 4.74 Å². The highest BCUT2D eigenvalue weighted by Gasteiger charge is 2.30. The first-order chi connectivity index (χ1) is 6.42. The summed E-state index contributed by atoms with van der Waals surface area (Å²) in [5, 5.41) is 6.05. The zero-order chi connectivity index (χ0) is 9.10. The second-order valence-corrected chi connectivity index (χ2v) is 4.47. The van der Waals surface area contributed by atoms with E-state index in [1.807, 2.05) is 0 Å². The van der Waals surface area contributed by atoms with Crippen molar-refractivity contribution in [1.29, 1.82) is 0 Å². The van der Waals surface area contributed by atoms with Crippen molar-refractivity contribution >= 4 is 15.9 Å². The fraction of sp³-hybridized carbons (Fsp3) is 1.00. The van der Waals surface area contributed by atoms with Crippen LogP contribution in [0.1, 0.15) is 12.8 Å². The first kappa shape index (κ1) is 9.90. The van der Waals surface area contributed by atoms with Crippen molar-refractivity contribution in [3.63, 3.8) is 0 Å². The molecule has 0 aromatic heterocycles. The van der Waals surface area contributed by atoms with Gasteiger partial charge in [0.2, 0.25) is 0 Å². The molecule has 76 valence electrons. The molecule has 0 aromatic rings. The van der Waals surface area contributed by atoms with Gasteiger partial charge >= 0.3 is 0 Å². The van der Waals surface area contributed by atoms with E-state index >= 15 is 0 Å². The second-order valence-electron chi connectivity index (χ2n) is 3.68. The molecule has 0 radical (unpaired) electrons. The van der Waals surface area contributed by atoms with Crippen LogP contribution in [0.5, 0.6) is 0 Å². The minimum absolute atomic E-state index is 0.605. The molecule has 2 aliphatic rings. The van der Waals surface area contributed by atoms with Gasteiger partial charge in [0, 0.05) is 31.0 Å². The lowest BCUT2D eigenvalue weighted by atomic mass is 10.2. The van der Waals surface area contributed by atoms with Crippen LogP contribution in [0, 0.1) is 0 Å². The minimum atomic E-state index is 0.605. The largest absolute Gasteiger partial charge is 0.378 e. The zero-order valence-corrected chi connectivity index (χ0v) is 9.50. The zero-order valence-electron chi connectivity index (χ0n) is 7.91. The number of halogens is 1. The molecular weight excluding hydrogens is 232 g/mol. The Morgan fingerprint density at radius 1 is 1.31 bits per heavy atom. The van der Waals surface area contributed by atoms with Crippen molar-refractivity contribution in [3.05, 3.63) is 0 Å². The average Bonchev–Trinajstić information content (AvgIpc) is 2.05. The van der Waals surface area contributed by atoms with Crippen molar-refractivity contribution in [3.8, 4) is 0 Å². The van der Waals surface area contributed by atoms with Crippen LogP contribution in [0.25, 0.3) is 0 Å². The van der Waals surface area contributed by atoms with Crippen LogP contribution in [-0.2, 0) is 4.74 Å². The lowest BCUT2D eigenvalue weighted by Crippen LogP contribution is -2.59. The number of alkyl halides is 1. The standard InChI is InChI=1S/C9H17BrN2O/c10-3-2-9-8-13-7-6-12(9)11-4-1-5-11/h9H,1-8H2.